The Balaban J connectivity index is 1.41. The fraction of sp³-hybridized carbons (Fsp3) is 0.306. The van der Waals surface area contributed by atoms with Crippen molar-refractivity contribution in [3.05, 3.63) is 91.9 Å². The summed E-state index contributed by atoms with van der Waals surface area (Å²) < 4.78 is 6.88. The van der Waals surface area contributed by atoms with Crippen LogP contribution in [0.4, 0.5) is 5.82 Å². The highest BCUT2D eigenvalue weighted by atomic mass is 16.6. The third-order valence-corrected chi connectivity index (χ3v) is 9.05. The summed E-state index contributed by atoms with van der Waals surface area (Å²) in [5.74, 6) is -1.03. The number of aryl methyl sites for hydroxylation is 4. The van der Waals surface area contributed by atoms with Crippen LogP contribution < -0.4 is 0 Å². The van der Waals surface area contributed by atoms with Crippen LogP contribution in [0.1, 0.15) is 78.4 Å². The van der Waals surface area contributed by atoms with Gasteiger partial charge in [-0.15, -0.1) is 0 Å². The number of carbonyl (C=O) groups is 2. The van der Waals surface area contributed by atoms with Gasteiger partial charge in [-0.2, -0.15) is 0 Å². The summed E-state index contributed by atoms with van der Waals surface area (Å²) >= 11 is 0. The van der Waals surface area contributed by atoms with E-state index in [0.29, 0.717) is 24.4 Å². The normalized spacial score (nSPS) is 12.7. The predicted molar refractivity (Wildman–Crippen MR) is 186 cm³/mol. The number of nitro groups is 1. The molecule has 0 radical (unpaired) electrons. The first-order valence-corrected chi connectivity index (χ1v) is 16.0. The molecule has 3 N–H and O–H groups in total. The van der Waals surface area contributed by atoms with Crippen molar-refractivity contribution in [3.63, 3.8) is 0 Å². The molecule has 0 fully saturated rings. The lowest BCUT2D eigenvalue weighted by atomic mass is 10.0. The molecule has 0 saturated carbocycles. The van der Waals surface area contributed by atoms with E-state index in [2.05, 4.69) is 21.0 Å². The maximum absolute atomic E-state index is 12.9. The van der Waals surface area contributed by atoms with Gasteiger partial charge in [0.15, 0.2) is 5.82 Å². The monoisotopic (exact) mass is 663 g/mol. The molecule has 252 valence electrons. The highest BCUT2D eigenvalue weighted by molar-refractivity contribution is 5.94. The zero-order valence-electron chi connectivity index (χ0n) is 28.0. The smallest absolute Gasteiger partial charge is 0.342 e. The number of rotatable bonds is 10. The number of aromatic nitrogens is 6. The zero-order valence-corrected chi connectivity index (χ0v) is 28.0. The SMILES string of the molecule is CC1=Cc2cc3[nH]c(cc4nc(cc5[nH]c(cc1n2)c(C)c5CCC(=O)OCCn1c([N+](=O)[O-])cnc1C)C(CCC(=O)O)=C4C)cc3C. The first kappa shape index (κ1) is 33.1. The largest absolute Gasteiger partial charge is 0.481 e. The summed E-state index contributed by atoms with van der Waals surface area (Å²) in [6.45, 7) is 9.73. The van der Waals surface area contributed by atoms with Gasteiger partial charge in [-0.3, -0.25) is 9.59 Å². The average Bonchev–Trinajstić information content (AvgIpc) is 3.81. The molecule has 13 nitrogen and oxygen atoms in total. The van der Waals surface area contributed by atoms with Crippen molar-refractivity contribution in [3.8, 4) is 0 Å². The van der Waals surface area contributed by atoms with Gasteiger partial charge >= 0.3 is 17.8 Å². The van der Waals surface area contributed by atoms with E-state index >= 15 is 0 Å². The van der Waals surface area contributed by atoms with Gasteiger partial charge in [0.05, 0.1) is 22.8 Å². The maximum atomic E-state index is 12.9. The molecule has 6 rings (SSSR count). The lowest BCUT2D eigenvalue weighted by Crippen LogP contribution is -2.14. The number of aromatic amines is 2. The van der Waals surface area contributed by atoms with Crippen LogP contribution in [0.15, 0.2) is 36.5 Å². The molecule has 0 spiro atoms. The Morgan fingerprint density at radius 1 is 0.918 bits per heavy atom. The molecule has 0 aliphatic carbocycles. The van der Waals surface area contributed by atoms with Crippen molar-refractivity contribution in [2.75, 3.05) is 6.61 Å². The van der Waals surface area contributed by atoms with Crippen LogP contribution in [-0.2, 0) is 27.3 Å². The van der Waals surface area contributed by atoms with E-state index in [9.17, 15) is 24.8 Å². The molecule has 13 heteroatoms. The first-order chi connectivity index (χ1) is 23.4. The Kier molecular flexibility index (Phi) is 9.00. The van der Waals surface area contributed by atoms with Gasteiger partial charge in [-0.1, -0.05) is 0 Å². The molecular formula is C36H37N7O6. The van der Waals surface area contributed by atoms with Gasteiger partial charge in [0, 0.05) is 41.8 Å². The fourth-order valence-electron chi connectivity index (χ4n) is 6.30. The molecule has 0 atom stereocenters. The van der Waals surface area contributed by atoms with Crippen molar-refractivity contribution in [2.24, 2.45) is 0 Å². The lowest BCUT2D eigenvalue weighted by molar-refractivity contribution is -0.392. The Hall–Kier alpha value is -5.85. The van der Waals surface area contributed by atoms with Crippen molar-refractivity contribution in [1.82, 2.24) is 29.5 Å². The lowest BCUT2D eigenvalue weighted by Gasteiger charge is -2.06. The summed E-state index contributed by atoms with van der Waals surface area (Å²) in [5, 5.41) is 20.8. The van der Waals surface area contributed by atoms with Crippen LogP contribution in [-0.4, -0.2) is 58.1 Å². The summed E-state index contributed by atoms with van der Waals surface area (Å²) in [6.07, 6.45) is 3.92. The van der Waals surface area contributed by atoms with E-state index in [-0.39, 0.29) is 31.8 Å². The topological polar surface area (TPSA) is 182 Å². The third kappa shape index (κ3) is 6.91. The van der Waals surface area contributed by atoms with Crippen LogP contribution in [0, 0.1) is 30.9 Å². The average molecular weight is 664 g/mol. The van der Waals surface area contributed by atoms with Crippen LogP contribution in [0.25, 0.3) is 44.9 Å². The third-order valence-electron chi connectivity index (χ3n) is 9.05. The predicted octanol–water partition coefficient (Wildman–Crippen LogP) is 6.88. The Morgan fingerprint density at radius 2 is 1.69 bits per heavy atom. The van der Waals surface area contributed by atoms with Crippen molar-refractivity contribution in [2.45, 2.75) is 66.8 Å². The number of H-pyrrole nitrogens is 2. The standard InChI is InChI=1S/C36H37N7O6/c1-19-12-25-15-30-21(3)26(6-8-35(44)45)32(40-30)17-33-27(7-9-36(46)49-11-10-42-23(5)37-18-34(42)43(47)48)22(4)31(41-33)16-29-20(2)13-24(39-29)14-28(19)38-25/h12-18,38,41H,6-11H2,1-5H3,(H,44,45). The first-order valence-electron chi connectivity index (χ1n) is 16.0. The highest BCUT2D eigenvalue weighted by Crippen LogP contribution is 2.35. The van der Waals surface area contributed by atoms with E-state index < -0.39 is 16.9 Å². The molecule has 0 amide bonds. The second-order valence-electron chi connectivity index (χ2n) is 12.4. The van der Waals surface area contributed by atoms with Gasteiger partial charge in [0.1, 0.15) is 19.3 Å². The number of ether oxygens (including phenoxy) is 1. The quantitative estimate of drug-likeness (QED) is 0.0925. The molecule has 0 aromatic carbocycles. The van der Waals surface area contributed by atoms with E-state index in [0.717, 1.165) is 72.6 Å². The minimum Gasteiger partial charge on any atom is -0.481 e. The Morgan fingerprint density at radius 3 is 2.45 bits per heavy atom. The van der Waals surface area contributed by atoms with E-state index in [1.165, 1.54) is 10.8 Å². The van der Waals surface area contributed by atoms with Crippen molar-refractivity contribution in [1.29, 1.82) is 0 Å². The molecule has 0 unspecified atom stereocenters. The number of hydrogen-bond donors (Lipinski definition) is 3. The number of allylic oxidation sites excluding steroid dienone is 3. The molecule has 0 saturated heterocycles. The van der Waals surface area contributed by atoms with E-state index in [4.69, 9.17) is 14.7 Å². The van der Waals surface area contributed by atoms with Crippen LogP contribution in [0.5, 0.6) is 0 Å². The number of fused-ring (bicyclic) bond motifs is 8. The number of carboxylic acid groups (broad SMARTS) is 1. The number of carboxylic acids is 1. The number of nitrogens with one attached hydrogen (secondary N) is 2. The molecule has 2 aliphatic heterocycles. The summed E-state index contributed by atoms with van der Waals surface area (Å²) in [5.41, 5.74) is 12.1. The van der Waals surface area contributed by atoms with Gasteiger partial charge in [0.2, 0.25) is 0 Å². The second kappa shape index (κ2) is 13.3. The van der Waals surface area contributed by atoms with E-state index in [1.807, 2.05) is 58.0 Å². The van der Waals surface area contributed by atoms with Gasteiger partial charge in [-0.05, 0) is 115 Å². The molecule has 8 bridgehead atoms. The van der Waals surface area contributed by atoms with Crippen molar-refractivity contribution < 1.29 is 24.4 Å². The Bertz CT molecular complexity index is 2250. The van der Waals surface area contributed by atoms with Crippen LogP contribution in [0.2, 0.25) is 0 Å². The number of aliphatic carboxylic acids is 1. The van der Waals surface area contributed by atoms with Gasteiger partial charge < -0.3 is 29.9 Å². The molecule has 4 aromatic heterocycles. The zero-order chi connectivity index (χ0) is 35.0. The molecular weight excluding hydrogens is 626 g/mol. The highest BCUT2D eigenvalue weighted by Gasteiger charge is 2.21. The molecule has 4 aromatic rings. The number of nitrogens with zero attached hydrogens (tertiary/aromatic N) is 5. The van der Waals surface area contributed by atoms with E-state index in [1.54, 1.807) is 6.92 Å². The Labute approximate surface area is 281 Å². The summed E-state index contributed by atoms with van der Waals surface area (Å²) in [6, 6.07) is 9.96. The number of carbonyl (C=O) groups excluding carboxylic acids is 1. The minimum atomic E-state index is -0.892. The number of imidazole rings is 1. The minimum absolute atomic E-state index is 0.0348. The number of esters is 1. The van der Waals surface area contributed by atoms with Crippen LogP contribution >= 0.6 is 0 Å². The van der Waals surface area contributed by atoms with Gasteiger partial charge in [-0.25, -0.2) is 19.5 Å². The second-order valence-corrected chi connectivity index (χ2v) is 12.4. The molecule has 49 heavy (non-hydrogen) atoms. The van der Waals surface area contributed by atoms with Crippen molar-refractivity contribution >= 4 is 62.6 Å². The molecule has 6 heterocycles. The van der Waals surface area contributed by atoms with Gasteiger partial charge in [0.25, 0.3) is 0 Å². The number of hydrogen-bond acceptors (Lipinski definition) is 8. The summed E-state index contributed by atoms with van der Waals surface area (Å²) in [7, 11) is 0. The summed E-state index contributed by atoms with van der Waals surface area (Å²) in [4.78, 5) is 56.1. The maximum Gasteiger partial charge on any atom is 0.342 e. The fourth-order valence-corrected chi connectivity index (χ4v) is 6.30. The van der Waals surface area contributed by atoms with Crippen LogP contribution in [0.3, 0.4) is 0 Å². The molecule has 2 aliphatic rings.